The van der Waals surface area contributed by atoms with Crippen molar-refractivity contribution < 1.29 is 19.1 Å². The van der Waals surface area contributed by atoms with E-state index in [0.717, 1.165) is 43.4 Å². The average Bonchev–Trinajstić information content (AvgIpc) is 3.09. The van der Waals surface area contributed by atoms with E-state index in [1.165, 1.54) is 4.90 Å². The number of ether oxygens (including phenoxy) is 2. The standard InChI is InChI=1S/C23H27N3O4/c1-3-30-20-10-6-18(7-11-20)26-22(27)16-21(23(26)28)25-14-12-24(13-15-25)17-4-8-19(29-2)9-5-17/h4-11,21H,3,12-16H2,1-2H3/t21-/m1/s1. The van der Waals surface area contributed by atoms with Crippen LogP contribution in [0.2, 0.25) is 0 Å². The van der Waals surface area contributed by atoms with Gasteiger partial charge < -0.3 is 14.4 Å². The average molecular weight is 409 g/mol. The van der Waals surface area contributed by atoms with Gasteiger partial charge in [-0.3, -0.25) is 14.5 Å². The third-order valence-corrected chi connectivity index (χ3v) is 5.72. The zero-order chi connectivity index (χ0) is 21.1. The molecule has 0 radical (unpaired) electrons. The van der Waals surface area contributed by atoms with E-state index < -0.39 is 0 Å². The lowest BCUT2D eigenvalue weighted by atomic mass is 10.1. The van der Waals surface area contributed by atoms with Gasteiger partial charge in [0.15, 0.2) is 0 Å². The molecule has 0 spiro atoms. The SMILES string of the molecule is CCOc1ccc(N2C(=O)C[C@@H](N3CCN(c4ccc(OC)cc4)CC3)C2=O)cc1. The van der Waals surface area contributed by atoms with Gasteiger partial charge in [0.2, 0.25) is 5.91 Å². The van der Waals surface area contributed by atoms with Crippen molar-refractivity contribution in [3.63, 3.8) is 0 Å². The van der Waals surface area contributed by atoms with Crippen molar-refractivity contribution in [3.05, 3.63) is 48.5 Å². The molecule has 0 N–H and O–H groups in total. The van der Waals surface area contributed by atoms with Crippen molar-refractivity contribution in [1.82, 2.24) is 4.90 Å². The Hall–Kier alpha value is -3.06. The van der Waals surface area contributed by atoms with Crippen LogP contribution < -0.4 is 19.3 Å². The highest BCUT2D eigenvalue weighted by molar-refractivity contribution is 6.22. The molecule has 0 aliphatic carbocycles. The smallest absolute Gasteiger partial charge is 0.251 e. The van der Waals surface area contributed by atoms with Crippen LogP contribution in [0.25, 0.3) is 0 Å². The lowest BCUT2D eigenvalue weighted by Crippen LogP contribution is -2.52. The molecule has 2 amide bonds. The van der Waals surface area contributed by atoms with E-state index in [1.54, 1.807) is 31.4 Å². The molecular formula is C23H27N3O4. The van der Waals surface area contributed by atoms with Gasteiger partial charge in [-0.05, 0) is 55.5 Å². The minimum Gasteiger partial charge on any atom is -0.497 e. The van der Waals surface area contributed by atoms with E-state index in [0.29, 0.717) is 12.3 Å². The summed E-state index contributed by atoms with van der Waals surface area (Å²) in [6.45, 7) is 5.60. The van der Waals surface area contributed by atoms with Crippen molar-refractivity contribution in [3.8, 4) is 11.5 Å². The molecule has 7 heteroatoms. The molecule has 2 saturated heterocycles. The molecule has 2 aliphatic heterocycles. The highest BCUT2D eigenvalue weighted by atomic mass is 16.5. The summed E-state index contributed by atoms with van der Waals surface area (Å²) in [6.07, 6.45) is 0.231. The quantitative estimate of drug-likeness (QED) is 0.684. The maximum Gasteiger partial charge on any atom is 0.251 e. The molecule has 2 aromatic rings. The zero-order valence-electron chi connectivity index (χ0n) is 17.4. The van der Waals surface area contributed by atoms with E-state index >= 15 is 0 Å². The summed E-state index contributed by atoms with van der Waals surface area (Å²) in [5, 5.41) is 0. The van der Waals surface area contributed by atoms with E-state index in [2.05, 4.69) is 9.80 Å². The van der Waals surface area contributed by atoms with Gasteiger partial charge >= 0.3 is 0 Å². The number of benzene rings is 2. The molecule has 1 atom stereocenters. The Balaban J connectivity index is 1.39. The first-order chi connectivity index (χ1) is 14.6. The fourth-order valence-electron chi connectivity index (χ4n) is 4.12. The van der Waals surface area contributed by atoms with Crippen molar-refractivity contribution >= 4 is 23.2 Å². The minimum atomic E-state index is -0.387. The van der Waals surface area contributed by atoms with Crippen molar-refractivity contribution in [1.29, 1.82) is 0 Å². The predicted octanol–water partition coefficient (Wildman–Crippen LogP) is 2.55. The third-order valence-electron chi connectivity index (χ3n) is 5.72. The molecule has 2 fully saturated rings. The molecule has 0 unspecified atom stereocenters. The first kappa shape index (κ1) is 20.2. The molecule has 2 aromatic carbocycles. The molecule has 2 aliphatic rings. The number of carbonyl (C=O) groups excluding carboxylic acids is 2. The second-order valence-electron chi connectivity index (χ2n) is 7.44. The van der Waals surface area contributed by atoms with E-state index in [-0.39, 0.29) is 24.3 Å². The van der Waals surface area contributed by atoms with Crippen LogP contribution in [0.1, 0.15) is 13.3 Å². The summed E-state index contributed by atoms with van der Waals surface area (Å²) in [6, 6.07) is 14.7. The van der Waals surface area contributed by atoms with Gasteiger partial charge in [-0.1, -0.05) is 0 Å². The Morgan fingerprint density at radius 1 is 0.867 bits per heavy atom. The summed E-state index contributed by atoms with van der Waals surface area (Å²) in [4.78, 5) is 31.4. The maximum atomic E-state index is 13.1. The number of hydrogen-bond donors (Lipinski definition) is 0. The summed E-state index contributed by atoms with van der Waals surface area (Å²) in [5.41, 5.74) is 1.74. The molecule has 7 nitrogen and oxygen atoms in total. The van der Waals surface area contributed by atoms with Crippen molar-refractivity contribution in [2.75, 3.05) is 49.7 Å². The van der Waals surface area contributed by atoms with Crippen molar-refractivity contribution in [2.45, 2.75) is 19.4 Å². The number of hydrogen-bond acceptors (Lipinski definition) is 6. The molecular weight excluding hydrogens is 382 g/mol. The Bertz CT molecular complexity index is 890. The number of carbonyl (C=O) groups is 2. The number of nitrogens with zero attached hydrogens (tertiary/aromatic N) is 3. The van der Waals surface area contributed by atoms with E-state index in [9.17, 15) is 9.59 Å². The zero-order valence-corrected chi connectivity index (χ0v) is 17.4. The number of piperazine rings is 1. The van der Waals surface area contributed by atoms with Crippen LogP contribution in [0.15, 0.2) is 48.5 Å². The van der Waals surface area contributed by atoms with E-state index in [1.807, 2.05) is 31.2 Å². The Morgan fingerprint density at radius 3 is 2.07 bits per heavy atom. The van der Waals surface area contributed by atoms with Crippen LogP contribution in [-0.2, 0) is 9.59 Å². The molecule has 4 rings (SSSR count). The largest absolute Gasteiger partial charge is 0.497 e. The summed E-state index contributed by atoms with van der Waals surface area (Å²) >= 11 is 0. The van der Waals surface area contributed by atoms with Gasteiger partial charge in [0, 0.05) is 31.9 Å². The number of imide groups is 1. The molecule has 0 saturated carbocycles. The monoisotopic (exact) mass is 409 g/mol. The van der Waals surface area contributed by atoms with Gasteiger partial charge in [0.05, 0.1) is 31.9 Å². The second kappa shape index (κ2) is 8.75. The topological polar surface area (TPSA) is 62.3 Å². The van der Waals surface area contributed by atoms with Gasteiger partial charge in [0.1, 0.15) is 11.5 Å². The van der Waals surface area contributed by atoms with Gasteiger partial charge in [-0.25, -0.2) is 4.90 Å². The van der Waals surface area contributed by atoms with Crippen LogP contribution in [0.5, 0.6) is 11.5 Å². The van der Waals surface area contributed by atoms with Crippen LogP contribution in [-0.4, -0.2) is 62.7 Å². The van der Waals surface area contributed by atoms with Crippen LogP contribution in [0.3, 0.4) is 0 Å². The number of amides is 2. The molecule has 2 heterocycles. The molecule has 158 valence electrons. The summed E-state index contributed by atoms with van der Waals surface area (Å²) in [5.74, 6) is 1.28. The maximum absolute atomic E-state index is 13.1. The van der Waals surface area contributed by atoms with Crippen LogP contribution in [0.4, 0.5) is 11.4 Å². The molecule has 0 bridgehead atoms. The van der Waals surface area contributed by atoms with Crippen LogP contribution in [0, 0.1) is 0 Å². The second-order valence-corrected chi connectivity index (χ2v) is 7.44. The summed E-state index contributed by atoms with van der Waals surface area (Å²) in [7, 11) is 1.66. The Labute approximate surface area is 176 Å². The van der Waals surface area contributed by atoms with Gasteiger partial charge in [-0.2, -0.15) is 0 Å². The Morgan fingerprint density at radius 2 is 1.47 bits per heavy atom. The van der Waals surface area contributed by atoms with Crippen molar-refractivity contribution in [2.24, 2.45) is 0 Å². The van der Waals surface area contributed by atoms with Gasteiger partial charge in [-0.15, -0.1) is 0 Å². The number of rotatable bonds is 6. The fraction of sp³-hybridized carbons (Fsp3) is 0.391. The molecule has 0 aromatic heterocycles. The lowest BCUT2D eigenvalue weighted by molar-refractivity contribution is -0.123. The third kappa shape index (κ3) is 3.98. The normalized spacial score (nSPS) is 20.0. The molecule has 30 heavy (non-hydrogen) atoms. The first-order valence-electron chi connectivity index (χ1n) is 10.3. The van der Waals surface area contributed by atoms with Crippen LogP contribution >= 0.6 is 0 Å². The number of methoxy groups -OCH3 is 1. The Kier molecular flexibility index (Phi) is 5.90. The fourth-order valence-corrected chi connectivity index (χ4v) is 4.12. The lowest BCUT2D eigenvalue weighted by Gasteiger charge is -2.38. The minimum absolute atomic E-state index is 0.137. The van der Waals surface area contributed by atoms with E-state index in [4.69, 9.17) is 9.47 Å². The number of anilines is 2. The predicted molar refractivity (Wildman–Crippen MR) is 115 cm³/mol. The first-order valence-corrected chi connectivity index (χ1v) is 10.3. The highest BCUT2D eigenvalue weighted by Gasteiger charge is 2.43. The summed E-state index contributed by atoms with van der Waals surface area (Å²) < 4.78 is 10.7. The van der Waals surface area contributed by atoms with Gasteiger partial charge in [0.25, 0.3) is 5.91 Å². The highest BCUT2D eigenvalue weighted by Crippen LogP contribution is 2.28.